The fraction of sp³-hybridized carbons (Fsp3) is 0. The van der Waals surface area contributed by atoms with Gasteiger partial charge in [-0.05, 0) is 17.4 Å². The van der Waals surface area contributed by atoms with Gasteiger partial charge in [0.1, 0.15) is 0 Å². The first-order valence-corrected chi connectivity index (χ1v) is 3.19. The molecule has 1 rings (SSSR count). The van der Waals surface area contributed by atoms with Crippen LogP contribution in [0.2, 0.25) is 0 Å². The molecule has 1 aromatic carbocycles. The monoisotopic (exact) mass is 141 g/mol. The molecule has 3 heteroatoms. The average Bonchev–Trinajstić information content (AvgIpc) is 1.91. The van der Waals surface area contributed by atoms with Crippen LogP contribution in [-0.4, -0.2) is 0 Å². The highest BCUT2D eigenvalue weighted by Crippen LogP contribution is 2.15. The van der Waals surface area contributed by atoms with E-state index in [-0.39, 0.29) is 0 Å². The summed E-state index contributed by atoms with van der Waals surface area (Å²) in [5.41, 5.74) is 0. The van der Waals surface area contributed by atoms with E-state index >= 15 is 0 Å². The number of hydrogen-bond donors (Lipinski definition) is 0. The van der Waals surface area contributed by atoms with Gasteiger partial charge < -0.3 is 0 Å². The molecular weight excluding hydrogens is 136 g/mol. The van der Waals surface area contributed by atoms with Gasteiger partial charge in [0.05, 0.1) is 12.0 Å². The molecule has 0 aromatic heterocycles. The van der Waals surface area contributed by atoms with Gasteiger partial charge in [-0.3, -0.25) is 0 Å². The van der Waals surface area contributed by atoms with Crippen LogP contribution in [0.1, 0.15) is 0 Å². The van der Waals surface area contributed by atoms with E-state index in [1.165, 1.54) is 0 Å². The van der Waals surface area contributed by atoms with Crippen molar-refractivity contribution in [3.05, 3.63) is 30.3 Å². The van der Waals surface area contributed by atoms with E-state index in [9.17, 15) is 5.26 Å². The van der Waals surface area contributed by atoms with Crippen molar-refractivity contribution in [1.82, 2.24) is 0 Å². The van der Waals surface area contributed by atoms with Crippen molar-refractivity contribution in [2.75, 3.05) is 0 Å². The van der Waals surface area contributed by atoms with Gasteiger partial charge in [0.2, 0.25) is 0 Å². The lowest BCUT2D eigenvalue weighted by Gasteiger charge is -1.89. The third kappa shape index (κ3) is 2.05. The quantitative estimate of drug-likeness (QED) is 0.358. The summed E-state index contributed by atoms with van der Waals surface area (Å²) in [4.78, 5) is 0.826. The van der Waals surface area contributed by atoms with Crippen LogP contribution in [0, 0.1) is 0 Å². The van der Waals surface area contributed by atoms with Crippen LogP contribution in [0.25, 0.3) is 0 Å². The average molecular weight is 141 g/mol. The summed E-state index contributed by atoms with van der Waals surface area (Å²) in [5, 5.41) is 9.56. The zero-order valence-electron chi connectivity index (χ0n) is 4.61. The highest BCUT2D eigenvalue weighted by atomic mass is 32.2. The molecular formula is C6H5O2S. The van der Waals surface area contributed by atoms with E-state index in [1.807, 2.05) is 30.3 Å². The number of benzene rings is 1. The molecule has 0 bridgehead atoms. The molecule has 0 N–H and O–H groups in total. The molecule has 0 heterocycles. The highest BCUT2D eigenvalue weighted by Gasteiger charge is 1.88. The number of rotatable bonds is 2. The highest BCUT2D eigenvalue weighted by molar-refractivity contribution is 7.94. The first-order valence-electron chi connectivity index (χ1n) is 2.45. The smallest absolute Gasteiger partial charge is 0.0715 e. The third-order valence-corrected chi connectivity index (χ3v) is 1.41. The second-order valence-electron chi connectivity index (χ2n) is 1.46. The maximum atomic E-state index is 9.56. The Morgan fingerprint density at radius 1 is 1.22 bits per heavy atom. The minimum atomic E-state index is 0.820. The largest absolute Gasteiger partial charge is 0.125 e. The molecule has 2 nitrogen and oxygen atoms in total. The van der Waals surface area contributed by atoms with Crippen molar-refractivity contribution in [3.8, 4) is 0 Å². The molecule has 0 aliphatic heterocycles. The Hall–Kier alpha value is -0.510. The molecule has 0 spiro atoms. The molecule has 0 atom stereocenters. The van der Waals surface area contributed by atoms with Gasteiger partial charge in [-0.2, -0.15) is 0 Å². The van der Waals surface area contributed by atoms with Gasteiger partial charge in [-0.1, -0.05) is 18.2 Å². The number of hydrogen-bond acceptors (Lipinski definition) is 2. The lowest BCUT2D eigenvalue weighted by Crippen LogP contribution is -1.67. The lowest BCUT2D eigenvalue weighted by molar-refractivity contribution is -0.191. The van der Waals surface area contributed by atoms with Crippen LogP contribution in [0.4, 0.5) is 0 Å². The third-order valence-electron chi connectivity index (χ3n) is 0.873. The normalized spacial score (nSPS) is 9.44. The van der Waals surface area contributed by atoms with E-state index < -0.39 is 0 Å². The summed E-state index contributed by atoms with van der Waals surface area (Å²) in [6.45, 7) is 0. The zero-order chi connectivity index (χ0) is 6.53. The van der Waals surface area contributed by atoms with Gasteiger partial charge in [0, 0.05) is 4.90 Å². The van der Waals surface area contributed by atoms with Crippen LogP contribution in [-0.2, 0) is 9.59 Å². The fourth-order valence-corrected chi connectivity index (χ4v) is 0.862. The Balaban J connectivity index is 2.61. The molecule has 9 heavy (non-hydrogen) atoms. The molecule has 1 aromatic rings. The van der Waals surface area contributed by atoms with E-state index in [0.29, 0.717) is 0 Å². The molecule has 1 radical (unpaired) electrons. The standard InChI is InChI=1S/C6H5O2S/c7-8-9-6-4-2-1-3-5-6/h1-5H. The van der Waals surface area contributed by atoms with Crippen molar-refractivity contribution < 1.29 is 9.59 Å². The molecule has 0 aliphatic rings. The van der Waals surface area contributed by atoms with Crippen molar-refractivity contribution in [2.45, 2.75) is 4.90 Å². The molecule has 0 aliphatic carbocycles. The van der Waals surface area contributed by atoms with Crippen molar-refractivity contribution in [1.29, 1.82) is 0 Å². The molecule has 0 amide bonds. The van der Waals surface area contributed by atoms with Crippen LogP contribution in [0.5, 0.6) is 0 Å². The minimum absolute atomic E-state index is 0.820. The van der Waals surface area contributed by atoms with Gasteiger partial charge in [0.25, 0.3) is 0 Å². The van der Waals surface area contributed by atoms with Gasteiger partial charge in [-0.15, -0.1) is 4.33 Å². The van der Waals surface area contributed by atoms with Crippen molar-refractivity contribution >= 4 is 12.0 Å². The molecule has 0 fully saturated rings. The van der Waals surface area contributed by atoms with E-state index in [4.69, 9.17) is 0 Å². The maximum Gasteiger partial charge on any atom is 0.0715 e. The first kappa shape index (κ1) is 6.61. The van der Waals surface area contributed by atoms with Crippen molar-refractivity contribution in [2.24, 2.45) is 0 Å². The lowest BCUT2D eigenvalue weighted by atomic mass is 10.4. The Morgan fingerprint density at radius 3 is 2.44 bits per heavy atom. The topological polar surface area (TPSA) is 29.1 Å². The Labute approximate surface area is 57.6 Å². The van der Waals surface area contributed by atoms with Crippen LogP contribution in [0.3, 0.4) is 0 Å². The van der Waals surface area contributed by atoms with Crippen LogP contribution >= 0.6 is 12.0 Å². The first-order chi connectivity index (χ1) is 4.43. The molecule has 47 valence electrons. The Morgan fingerprint density at radius 2 is 1.89 bits per heavy atom. The van der Waals surface area contributed by atoms with Gasteiger partial charge >= 0.3 is 0 Å². The fourth-order valence-electron chi connectivity index (χ4n) is 0.515. The summed E-state index contributed by atoms with van der Waals surface area (Å²) in [6.07, 6.45) is 0. The van der Waals surface area contributed by atoms with Gasteiger partial charge in [0.15, 0.2) is 0 Å². The van der Waals surface area contributed by atoms with Crippen molar-refractivity contribution in [3.63, 3.8) is 0 Å². The second kappa shape index (κ2) is 3.50. The van der Waals surface area contributed by atoms with Crippen LogP contribution in [0.15, 0.2) is 35.2 Å². The summed E-state index contributed by atoms with van der Waals surface area (Å²) in [7, 11) is 0. The van der Waals surface area contributed by atoms with Gasteiger partial charge in [-0.25, -0.2) is 0 Å². The summed E-state index contributed by atoms with van der Waals surface area (Å²) in [6, 6.07) is 9.20. The molecule has 0 unspecified atom stereocenters. The predicted octanol–water partition coefficient (Wildman–Crippen LogP) is 2.06. The molecule has 0 saturated carbocycles. The summed E-state index contributed by atoms with van der Waals surface area (Å²) in [5.74, 6) is 0. The minimum Gasteiger partial charge on any atom is -0.125 e. The van der Waals surface area contributed by atoms with E-state index in [1.54, 1.807) is 0 Å². The van der Waals surface area contributed by atoms with E-state index in [2.05, 4.69) is 4.33 Å². The summed E-state index contributed by atoms with van der Waals surface area (Å²) >= 11 is 0.820. The maximum absolute atomic E-state index is 9.56. The zero-order valence-corrected chi connectivity index (χ0v) is 5.43. The molecule has 0 saturated heterocycles. The Kier molecular flexibility index (Phi) is 2.57. The van der Waals surface area contributed by atoms with E-state index in [0.717, 1.165) is 16.9 Å². The summed E-state index contributed by atoms with van der Waals surface area (Å²) < 4.78 is 3.59. The SMILES string of the molecule is [O]OSc1ccccc1. The van der Waals surface area contributed by atoms with Crippen LogP contribution < -0.4 is 0 Å². The Bertz CT molecular complexity index is 164. The second-order valence-corrected chi connectivity index (χ2v) is 2.24. The predicted molar refractivity (Wildman–Crippen MR) is 34.1 cm³/mol.